The highest BCUT2D eigenvalue weighted by Gasteiger charge is 2.54. The number of halogens is 1. The van der Waals surface area contributed by atoms with Gasteiger partial charge in [-0.15, -0.1) is 0 Å². The molecule has 0 fully saturated rings. The molecule has 242 valence electrons. The van der Waals surface area contributed by atoms with Crippen LogP contribution < -0.4 is 20.3 Å². The lowest BCUT2D eigenvalue weighted by Gasteiger charge is -2.32. The predicted molar refractivity (Wildman–Crippen MR) is 182 cm³/mol. The van der Waals surface area contributed by atoms with Gasteiger partial charge in [0, 0.05) is 46.5 Å². The lowest BCUT2D eigenvalue weighted by molar-refractivity contribution is -0.130. The molecule has 0 unspecified atom stereocenters. The number of methoxy groups -OCH3 is 1. The first-order valence-corrected chi connectivity index (χ1v) is 15.9. The third kappa shape index (κ3) is 7.93. The molecule has 0 radical (unpaired) electrons. The smallest absolute Gasteiger partial charge is 0.266 e. The van der Waals surface area contributed by atoms with Crippen molar-refractivity contribution in [2.24, 2.45) is 10.1 Å². The Kier molecular flexibility index (Phi) is 11.5. The molecule has 0 saturated heterocycles. The largest absolute Gasteiger partial charge is 0.496 e. The minimum atomic E-state index is -1.49. The summed E-state index contributed by atoms with van der Waals surface area (Å²) in [5.41, 5.74) is 17.3. The van der Waals surface area contributed by atoms with Gasteiger partial charge in [0.05, 0.1) is 20.3 Å². The van der Waals surface area contributed by atoms with Crippen LogP contribution in [0.15, 0.2) is 112 Å². The van der Waals surface area contributed by atoms with E-state index in [-0.39, 0.29) is 25.5 Å². The average molecular weight is 700 g/mol. The van der Waals surface area contributed by atoms with Crippen LogP contribution >= 0.6 is 15.9 Å². The van der Waals surface area contributed by atoms with Crippen molar-refractivity contribution in [1.29, 1.82) is 0 Å². The van der Waals surface area contributed by atoms with Crippen LogP contribution in [0.25, 0.3) is 10.4 Å². The Hall–Kier alpha value is -4.87. The molecule has 5 rings (SSSR count). The Morgan fingerprint density at radius 2 is 1.72 bits per heavy atom. The molecule has 4 aromatic rings. The fourth-order valence-corrected chi connectivity index (χ4v) is 5.84. The molecule has 0 aromatic heterocycles. The van der Waals surface area contributed by atoms with Crippen molar-refractivity contribution in [3.63, 3.8) is 0 Å². The van der Waals surface area contributed by atoms with E-state index in [0.29, 0.717) is 47.8 Å². The van der Waals surface area contributed by atoms with E-state index < -0.39 is 17.6 Å². The Bertz CT molecular complexity index is 1760. The summed E-state index contributed by atoms with van der Waals surface area (Å²) >= 11 is 3.66. The summed E-state index contributed by atoms with van der Waals surface area (Å²) < 4.78 is 18.7. The molecular weight excluding hydrogens is 664 g/mol. The molecule has 4 aromatic carbocycles. The van der Waals surface area contributed by atoms with Gasteiger partial charge in [0.1, 0.15) is 11.5 Å². The van der Waals surface area contributed by atoms with Crippen LogP contribution in [0.2, 0.25) is 0 Å². The number of azide groups is 1. The molecule has 0 spiro atoms. The van der Waals surface area contributed by atoms with Crippen molar-refractivity contribution in [2.45, 2.75) is 37.6 Å². The number of aliphatic hydroxyl groups is 1. The summed E-state index contributed by atoms with van der Waals surface area (Å²) in [5.74, 6) is 1.19. The number of para-hydroxylation sites is 1. The maximum atomic E-state index is 14.6. The first kappa shape index (κ1) is 33.5. The summed E-state index contributed by atoms with van der Waals surface area (Å²) in [5, 5.41) is 12.9. The zero-order chi connectivity index (χ0) is 33.1. The number of hydrazine groups is 1. The van der Waals surface area contributed by atoms with Gasteiger partial charge < -0.3 is 19.3 Å². The fraction of sp³-hybridized carbons (Fsp3) is 0.257. The number of nitrogens with one attached hydrogen (secondary N) is 2. The topological polar surface area (TPSA) is 150 Å². The number of carbonyl (C=O) groups excluding carboxylic acids is 1. The molecule has 0 aliphatic carbocycles. The van der Waals surface area contributed by atoms with Crippen LogP contribution in [-0.2, 0) is 29.0 Å². The van der Waals surface area contributed by atoms with Crippen LogP contribution in [0.1, 0.15) is 40.3 Å². The molecule has 1 heterocycles. The van der Waals surface area contributed by atoms with Gasteiger partial charge in [0.25, 0.3) is 5.91 Å². The number of hydrogen-bond acceptors (Lipinski definition) is 8. The molecule has 0 saturated carbocycles. The van der Waals surface area contributed by atoms with Crippen molar-refractivity contribution >= 4 is 27.7 Å². The number of ether oxygens (including phenoxy) is 3. The van der Waals surface area contributed by atoms with Crippen molar-refractivity contribution in [2.75, 3.05) is 20.3 Å². The van der Waals surface area contributed by atoms with E-state index in [9.17, 15) is 4.79 Å². The summed E-state index contributed by atoms with van der Waals surface area (Å²) in [7, 11) is 1.60. The zero-order valence-electron chi connectivity index (χ0n) is 25.8. The van der Waals surface area contributed by atoms with E-state index in [4.69, 9.17) is 29.8 Å². The second-order valence-electron chi connectivity index (χ2n) is 10.8. The standard InChI is InChI=1S/C35H35BrN6O5/c1-45-31-14-7-4-11-27(31)23-38-41-34(44)35(21-25-9-3-6-13-30(25)36)32(29-12-5-2-10-26(29)22-39-42-37)47-33(40-35)24-15-17-28(18-16-24)46-20-8-19-43/h2-7,9-18,32,38,43H,8,19-23H2,1H3,(H,41,44)/t32-,35-/m0/s1. The summed E-state index contributed by atoms with van der Waals surface area (Å²) in [6.45, 7) is 0.795. The number of nitrogens with zero attached hydrogens (tertiary/aromatic N) is 4. The molecule has 1 aliphatic heterocycles. The van der Waals surface area contributed by atoms with E-state index in [0.717, 1.165) is 15.6 Å². The van der Waals surface area contributed by atoms with Gasteiger partial charge in [-0.2, -0.15) is 0 Å². The highest BCUT2D eigenvalue weighted by atomic mass is 79.9. The van der Waals surface area contributed by atoms with Crippen LogP contribution in [-0.4, -0.2) is 42.8 Å². The van der Waals surface area contributed by atoms with Gasteiger partial charge in [-0.25, -0.2) is 10.4 Å². The number of aliphatic hydroxyl groups excluding tert-OH is 1. The van der Waals surface area contributed by atoms with Crippen LogP contribution in [0.5, 0.6) is 11.5 Å². The molecule has 2 atom stereocenters. The van der Waals surface area contributed by atoms with E-state index in [1.165, 1.54) is 0 Å². The predicted octanol–water partition coefficient (Wildman–Crippen LogP) is 6.35. The molecular formula is C35H35BrN6O5. The van der Waals surface area contributed by atoms with E-state index in [2.05, 4.69) is 36.8 Å². The van der Waals surface area contributed by atoms with Crippen molar-refractivity contribution < 1.29 is 24.1 Å². The van der Waals surface area contributed by atoms with Crippen LogP contribution in [0.3, 0.4) is 0 Å². The Morgan fingerprint density at radius 1 is 1.02 bits per heavy atom. The molecule has 47 heavy (non-hydrogen) atoms. The van der Waals surface area contributed by atoms with Gasteiger partial charge in [-0.3, -0.25) is 10.2 Å². The normalized spacial score (nSPS) is 16.8. The fourth-order valence-electron chi connectivity index (χ4n) is 5.41. The number of carbonyl (C=O) groups is 1. The highest BCUT2D eigenvalue weighted by molar-refractivity contribution is 9.10. The monoisotopic (exact) mass is 698 g/mol. The Morgan fingerprint density at radius 3 is 2.45 bits per heavy atom. The second-order valence-corrected chi connectivity index (χ2v) is 11.6. The lowest BCUT2D eigenvalue weighted by atomic mass is 9.80. The number of hydrogen-bond donors (Lipinski definition) is 3. The quantitative estimate of drug-likeness (QED) is 0.0433. The Labute approximate surface area is 281 Å². The minimum absolute atomic E-state index is 0.0424. The maximum Gasteiger partial charge on any atom is 0.266 e. The van der Waals surface area contributed by atoms with Gasteiger partial charge >= 0.3 is 0 Å². The summed E-state index contributed by atoms with van der Waals surface area (Å²) in [4.78, 5) is 22.6. The summed E-state index contributed by atoms with van der Waals surface area (Å²) in [6, 6.07) is 29.9. The second kappa shape index (κ2) is 16.1. The molecule has 3 N–H and O–H groups in total. The molecule has 11 nitrogen and oxygen atoms in total. The first-order chi connectivity index (χ1) is 23.0. The van der Waals surface area contributed by atoms with Gasteiger partial charge in [0.2, 0.25) is 5.90 Å². The van der Waals surface area contributed by atoms with Crippen LogP contribution in [0.4, 0.5) is 0 Å². The van der Waals surface area contributed by atoms with E-state index in [1.54, 1.807) is 19.2 Å². The number of rotatable bonds is 15. The van der Waals surface area contributed by atoms with Crippen molar-refractivity contribution in [3.05, 3.63) is 140 Å². The highest BCUT2D eigenvalue weighted by Crippen LogP contribution is 2.44. The number of amides is 1. The molecule has 12 heteroatoms. The first-order valence-electron chi connectivity index (χ1n) is 15.1. The zero-order valence-corrected chi connectivity index (χ0v) is 27.4. The SMILES string of the molecule is COc1ccccc1CNNC(=O)[C@@]1(Cc2ccccc2Br)N=C(c2ccc(OCCCO)cc2)O[C@H]1c1ccccc1CN=[N+]=[N-]. The van der Waals surface area contributed by atoms with Gasteiger partial charge in [-0.1, -0.05) is 81.7 Å². The van der Waals surface area contributed by atoms with E-state index in [1.807, 2.05) is 84.9 Å². The summed E-state index contributed by atoms with van der Waals surface area (Å²) in [6.07, 6.45) is -0.182. The third-order valence-electron chi connectivity index (χ3n) is 7.76. The van der Waals surface area contributed by atoms with Gasteiger partial charge in [-0.05, 0) is 58.6 Å². The maximum absolute atomic E-state index is 14.6. The Balaban J connectivity index is 1.57. The minimum Gasteiger partial charge on any atom is -0.496 e. The van der Waals surface area contributed by atoms with E-state index >= 15 is 0 Å². The number of benzene rings is 4. The molecule has 0 bridgehead atoms. The van der Waals surface area contributed by atoms with Crippen molar-refractivity contribution in [1.82, 2.24) is 10.9 Å². The molecule has 1 amide bonds. The van der Waals surface area contributed by atoms with Crippen molar-refractivity contribution in [3.8, 4) is 11.5 Å². The average Bonchev–Trinajstić information content (AvgIpc) is 3.49. The number of aliphatic imine (C=N–C) groups is 1. The lowest BCUT2D eigenvalue weighted by Crippen LogP contribution is -2.53. The molecule has 1 aliphatic rings. The third-order valence-corrected chi connectivity index (χ3v) is 8.54. The van der Waals surface area contributed by atoms with Gasteiger partial charge in [0.15, 0.2) is 11.6 Å². The van der Waals surface area contributed by atoms with Crippen LogP contribution in [0, 0.1) is 0 Å².